The Morgan fingerprint density at radius 3 is 2.82 bits per heavy atom. The number of rotatable bonds is 6. The van der Waals surface area contributed by atoms with Crippen LogP contribution in [0, 0.1) is 11.7 Å². The van der Waals surface area contributed by atoms with E-state index in [4.69, 9.17) is 17.4 Å². The van der Waals surface area contributed by atoms with Crippen LogP contribution in [0.25, 0.3) is 0 Å². The van der Waals surface area contributed by atoms with Gasteiger partial charge in [-0.05, 0) is 42.9 Å². The standard InChI is InChI=1S/C13H18ClFN2/c14-13-8-11(15)5-4-10(13)7-12(17-16)6-3-9-1-2-9/h4-5,8-9,12,17H,1-3,6-7,16H2. The van der Waals surface area contributed by atoms with Crippen molar-refractivity contribution in [2.45, 2.75) is 38.1 Å². The number of nitrogens with two attached hydrogens (primary N) is 1. The minimum atomic E-state index is -0.297. The van der Waals surface area contributed by atoms with E-state index in [0.29, 0.717) is 5.02 Å². The fourth-order valence-electron chi connectivity index (χ4n) is 2.04. The second-order valence-electron chi connectivity index (χ2n) is 4.82. The predicted molar refractivity (Wildman–Crippen MR) is 68.2 cm³/mol. The predicted octanol–water partition coefficient (Wildman–Crippen LogP) is 3.04. The molecule has 0 radical (unpaired) electrons. The van der Waals surface area contributed by atoms with Gasteiger partial charge < -0.3 is 0 Å². The first-order chi connectivity index (χ1) is 8.19. The van der Waals surface area contributed by atoms with Crippen LogP contribution in [0.2, 0.25) is 5.02 Å². The lowest BCUT2D eigenvalue weighted by Gasteiger charge is -2.16. The van der Waals surface area contributed by atoms with Crippen molar-refractivity contribution in [3.8, 4) is 0 Å². The van der Waals surface area contributed by atoms with Crippen molar-refractivity contribution in [1.82, 2.24) is 5.43 Å². The molecule has 94 valence electrons. The summed E-state index contributed by atoms with van der Waals surface area (Å²) in [7, 11) is 0. The topological polar surface area (TPSA) is 38.0 Å². The molecule has 1 unspecified atom stereocenters. The third kappa shape index (κ3) is 3.95. The quantitative estimate of drug-likeness (QED) is 0.607. The molecule has 1 saturated carbocycles. The molecular formula is C13H18ClFN2. The fraction of sp³-hybridized carbons (Fsp3) is 0.538. The molecule has 0 spiro atoms. The summed E-state index contributed by atoms with van der Waals surface area (Å²) in [5, 5.41) is 0.483. The molecule has 0 saturated heterocycles. The number of hydrogen-bond donors (Lipinski definition) is 2. The highest BCUT2D eigenvalue weighted by atomic mass is 35.5. The molecule has 1 aliphatic carbocycles. The van der Waals surface area contributed by atoms with E-state index in [9.17, 15) is 4.39 Å². The second-order valence-corrected chi connectivity index (χ2v) is 5.23. The summed E-state index contributed by atoms with van der Waals surface area (Å²) in [6, 6.07) is 4.75. The van der Waals surface area contributed by atoms with Gasteiger partial charge in [-0.3, -0.25) is 11.3 Å². The molecule has 0 aliphatic heterocycles. The number of hydrogen-bond acceptors (Lipinski definition) is 2. The van der Waals surface area contributed by atoms with Gasteiger partial charge in [0.05, 0.1) is 0 Å². The summed E-state index contributed by atoms with van der Waals surface area (Å²) >= 11 is 6.00. The van der Waals surface area contributed by atoms with Gasteiger partial charge in [0.2, 0.25) is 0 Å². The SMILES string of the molecule is NNC(CCC1CC1)Cc1ccc(F)cc1Cl. The molecule has 2 nitrogen and oxygen atoms in total. The minimum absolute atomic E-state index is 0.221. The molecule has 0 heterocycles. The minimum Gasteiger partial charge on any atom is -0.271 e. The Morgan fingerprint density at radius 1 is 1.47 bits per heavy atom. The van der Waals surface area contributed by atoms with Crippen LogP contribution in [0.3, 0.4) is 0 Å². The third-order valence-corrected chi connectivity index (χ3v) is 3.69. The van der Waals surface area contributed by atoms with E-state index in [1.807, 2.05) is 0 Å². The maximum absolute atomic E-state index is 12.9. The van der Waals surface area contributed by atoms with Gasteiger partial charge in [-0.25, -0.2) is 4.39 Å². The maximum atomic E-state index is 12.9. The average molecular weight is 257 g/mol. The first kappa shape index (κ1) is 12.8. The average Bonchev–Trinajstić information content (AvgIpc) is 3.11. The number of hydrazine groups is 1. The molecule has 1 aliphatic rings. The van der Waals surface area contributed by atoms with Crippen molar-refractivity contribution in [2.75, 3.05) is 0 Å². The molecule has 2 rings (SSSR count). The molecule has 1 atom stereocenters. The highest BCUT2D eigenvalue weighted by Crippen LogP contribution is 2.34. The molecule has 3 N–H and O–H groups in total. The lowest BCUT2D eigenvalue weighted by Crippen LogP contribution is -2.36. The van der Waals surface area contributed by atoms with E-state index in [-0.39, 0.29) is 11.9 Å². The molecular weight excluding hydrogens is 239 g/mol. The van der Waals surface area contributed by atoms with Crippen molar-refractivity contribution in [3.05, 3.63) is 34.6 Å². The molecule has 0 aromatic heterocycles. The molecule has 1 aromatic carbocycles. The Bertz CT molecular complexity index is 380. The van der Waals surface area contributed by atoms with E-state index < -0.39 is 0 Å². The van der Waals surface area contributed by atoms with Crippen molar-refractivity contribution in [2.24, 2.45) is 11.8 Å². The number of halogens is 2. The van der Waals surface area contributed by atoms with Crippen LogP contribution in [0.15, 0.2) is 18.2 Å². The van der Waals surface area contributed by atoms with Crippen LogP contribution in [-0.2, 0) is 6.42 Å². The maximum Gasteiger partial charge on any atom is 0.124 e. The Kier molecular flexibility index (Phi) is 4.37. The second kappa shape index (κ2) is 5.80. The van der Waals surface area contributed by atoms with Gasteiger partial charge in [0.1, 0.15) is 5.82 Å². The van der Waals surface area contributed by atoms with Gasteiger partial charge in [0.25, 0.3) is 0 Å². The molecule has 17 heavy (non-hydrogen) atoms. The zero-order valence-electron chi connectivity index (χ0n) is 9.76. The van der Waals surface area contributed by atoms with Crippen molar-refractivity contribution >= 4 is 11.6 Å². The fourth-order valence-corrected chi connectivity index (χ4v) is 2.28. The molecule has 4 heteroatoms. The van der Waals surface area contributed by atoms with Crippen molar-refractivity contribution < 1.29 is 4.39 Å². The van der Waals surface area contributed by atoms with Gasteiger partial charge in [-0.2, -0.15) is 0 Å². The summed E-state index contributed by atoms with van der Waals surface area (Å²) in [4.78, 5) is 0. The first-order valence-electron chi connectivity index (χ1n) is 6.09. The summed E-state index contributed by atoms with van der Waals surface area (Å²) in [5.41, 5.74) is 3.77. The molecule has 1 fully saturated rings. The third-order valence-electron chi connectivity index (χ3n) is 3.34. The van der Waals surface area contributed by atoms with E-state index in [2.05, 4.69) is 5.43 Å². The summed E-state index contributed by atoms with van der Waals surface area (Å²) in [6.07, 6.45) is 5.73. The zero-order chi connectivity index (χ0) is 12.3. The Morgan fingerprint density at radius 2 is 2.24 bits per heavy atom. The summed E-state index contributed by atoms with van der Waals surface area (Å²) < 4.78 is 12.9. The summed E-state index contributed by atoms with van der Waals surface area (Å²) in [6.45, 7) is 0. The zero-order valence-corrected chi connectivity index (χ0v) is 10.5. The molecule has 0 amide bonds. The van der Waals surface area contributed by atoms with Crippen LogP contribution in [-0.4, -0.2) is 6.04 Å². The van der Waals surface area contributed by atoms with Crippen LogP contribution in [0.1, 0.15) is 31.2 Å². The van der Waals surface area contributed by atoms with E-state index in [0.717, 1.165) is 24.3 Å². The lowest BCUT2D eigenvalue weighted by atomic mass is 10.0. The summed E-state index contributed by atoms with van der Waals surface area (Å²) in [5.74, 6) is 6.14. The van der Waals surface area contributed by atoms with Gasteiger partial charge in [0.15, 0.2) is 0 Å². The Balaban J connectivity index is 1.91. The highest BCUT2D eigenvalue weighted by molar-refractivity contribution is 6.31. The normalized spacial score (nSPS) is 17.1. The molecule has 1 aromatic rings. The van der Waals surface area contributed by atoms with Gasteiger partial charge >= 0.3 is 0 Å². The number of nitrogens with one attached hydrogen (secondary N) is 1. The van der Waals surface area contributed by atoms with Crippen LogP contribution >= 0.6 is 11.6 Å². The van der Waals surface area contributed by atoms with Gasteiger partial charge in [-0.15, -0.1) is 0 Å². The largest absolute Gasteiger partial charge is 0.271 e. The first-order valence-corrected chi connectivity index (χ1v) is 6.47. The van der Waals surface area contributed by atoms with Crippen LogP contribution < -0.4 is 11.3 Å². The van der Waals surface area contributed by atoms with E-state index in [1.54, 1.807) is 6.07 Å². The Hall–Kier alpha value is -0.640. The Labute approximate surface area is 106 Å². The van der Waals surface area contributed by atoms with Crippen LogP contribution in [0.4, 0.5) is 4.39 Å². The number of benzene rings is 1. The smallest absolute Gasteiger partial charge is 0.124 e. The molecule has 0 bridgehead atoms. The monoisotopic (exact) mass is 256 g/mol. The van der Waals surface area contributed by atoms with Gasteiger partial charge in [0, 0.05) is 11.1 Å². The van der Waals surface area contributed by atoms with Crippen molar-refractivity contribution in [3.63, 3.8) is 0 Å². The van der Waals surface area contributed by atoms with Crippen LogP contribution in [0.5, 0.6) is 0 Å². The van der Waals surface area contributed by atoms with E-state index >= 15 is 0 Å². The highest BCUT2D eigenvalue weighted by Gasteiger charge is 2.22. The van der Waals surface area contributed by atoms with Crippen molar-refractivity contribution in [1.29, 1.82) is 0 Å². The lowest BCUT2D eigenvalue weighted by molar-refractivity contribution is 0.462. The van der Waals surface area contributed by atoms with Gasteiger partial charge in [-0.1, -0.05) is 30.5 Å². The van der Waals surface area contributed by atoms with E-state index in [1.165, 1.54) is 31.4 Å².